The summed E-state index contributed by atoms with van der Waals surface area (Å²) in [5.41, 5.74) is 3.40. The summed E-state index contributed by atoms with van der Waals surface area (Å²) in [5, 5.41) is 9.51. The lowest BCUT2D eigenvalue weighted by Gasteiger charge is -2.09. The number of hydrogen-bond acceptors (Lipinski definition) is 4. The first kappa shape index (κ1) is 15.0. The molecule has 1 aliphatic rings. The highest BCUT2D eigenvalue weighted by Gasteiger charge is 2.17. The summed E-state index contributed by atoms with van der Waals surface area (Å²) >= 11 is 0. The molecule has 0 radical (unpaired) electrons. The maximum absolute atomic E-state index is 9.51. The van der Waals surface area contributed by atoms with Gasteiger partial charge < -0.3 is 14.2 Å². The van der Waals surface area contributed by atoms with Crippen molar-refractivity contribution in [2.75, 3.05) is 13.4 Å². The highest BCUT2D eigenvalue weighted by Crippen LogP contribution is 2.39. The van der Waals surface area contributed by atoms with Crippen molar-refractivity contribution in [3.63, 3.8) is 0 Å². The van der Waals surface area contributed by atoms with Crippen LogP contribution in [0.3, 0.4) is 0 Å². The first-order valence-corrected chi connectivity index (χ1v) is 7.46. The van der Waals surface area contributed by atoms with Crippen molar-refractivity contribution >= 4 is 11.6 Å². The van der Waals surface area contributed by atoms with Crippen LogP contribution in [0.5, 0.6) is 17.2 Å². The standard InChI is InChI=1S/C19H17NO3/c1-3-21-17-10-19-18(22-12-23-19)9-15(17)8-16(11-20)14-6-4-13(2)5-7-14/h4-10H,3,12H2,1-2H3. The van der Waals surface area contributed by atoms with Gasteiger partial charge in [0.05, 0.1) is 18.2 Å². The van der Waals surface area contributed by atoms with Gasteiger partial charge in [0.2, 0.25) is 6.79 Å². The van der Waals surface area contributed by atoms with Gasteiger partial charge in [-0.15, -0.1) is 0 Å². The number of nitrogens with zero attached hydrogens (tertiary/aromatic N) is 1. The Morgan fingerprint density at radius 1 is 1.22 bits per heavy atom. The lowest BCUT2D eigenvalue weighted by atomic mass is 10.0. The molecule has 0 unspecified atom stereocenters. The Balaban J connectivity index is 2.05. The van der Waals surface area contributed by atoms with Crippen molar-refractivity contribution in [2.45, 2.75) is 13.8 Å². The number of aryl methyl sites for hydroxylation is 1. The first-order chi connectivity index (χ1) is 11.2. The summed E-state index contributed by atoms with van der Waals surface area (Å²) in [6.07, 6.45) is 1.82. The monoisotopic (exact) mass is 307 g/mol. The molecule has 0 aliphatic carbocycles. The molecule has 23 heavy (non-hydrogen) atoms. The molecule has 0 spiro atoms. The van der Waals surface area contributed by atoms with Crippen LogP contribution in [0, 0.1) is 18.3 Å². The van der Waals surface area contributed by atoms with Gasteiger partial charge in [0.1, 0.15) is 5.75 Å². The van der Waals surface area contributed by atoms with Gasteiger partial charge in [-0.3, -0.25) is 0 Å². The fourth-order valence-electron chi connectivity index (χ4n) is 2.40. The molecule has 1 aliphatic heterocycles. The van der Waals surface area contributed by atoms with E-state index in [1.54, 1.807) is 0 Å². The van der Waals surface area contributed by atoms with Crippen LogP contribution in [0.4, 0.5) is 0 Å². The van der Waals surface area contributed by atoms with E-state index in [0.717, 1.165) is 16.7 Å². The van der Waals surface area contributed by atoms with E-state index in [0.29, 0.717) is 29.4 Å². The fraction of sp³-hybridized carbons (Fsp3) is 0.211. The first-order valence-electron chi connectivity index (χ1n) is 7.46. The Morgan fingerprint density at radius 3 is 2.57 bits per heavy atom. The molecule has 0 saturated heterocycles. The van der Waals surface area contributed by atoms with Crippen molar-refractivity contribution < 1.29 is 14.2 Å². The molecule has 0 aromatic heterocycles. The van der Waals surface area contributed by atoms with E-state index in [-0.39, 0.29) is 6.79 Å². The third-order valence-electron chi connectivity index (χ3n) is 3.59. The van der Waals surface area contributed by atoms with Crippen LogP contribution < -0.4 is 14.2 Å². The van der Waals surface area contributed by atoms with Crippen molar-refractivity contribution in [1.82, 2.24) is 0 Å². The number of allylic oxidation sites excluding steroid dienone is 1. The topological polar surface area (TPSA) is 51.5 Å². The van der Waals surface area contributed by atoms with Gasteiger partial charge in [-0.05, 0) is 31.6 Å². The van der Waals surface area contributed by atoms with Gasteiger partial charge in [0.15, 0.2) is 11.5 Å². The summed E-state index contributed by atoms with van der Waals surface area (Å²) in [6, 6.07) is 13.8. The van der Waals surface area contributed by atoms with E-state index in [2.05, 4.69) is 6.07 Å². The molecule has 4 heteroatoms. The van der Waals surface area contributed by atoms with Gasteiger partial charge in [0.25, 0.3) is 0 Å². The third kappa shape index (κ3) is 3.14. The van der Waals surface area contributed by atoms with Crippen LogP contribution in [-0.2, 0) is 0 Å². The summed E-state index contributed by atoms with van der Waals surface area (Å²) in [4.78, 5) is 0. The maximum atomic E-state index is 9.51. The van der Waals surface area contributed by atoms with E-state index in [1.165, 1.54) is 0 Å². The average Bonchev–Trinajstić information content (AvgIpc) is 3.01. The van der Waals surface area contributed by atoms with Gasteiger partial charge in [-0.2, -0.15) is 5.26 Å². The molecule has 116 valence electrons. The van der Waals surface area contributed by atoms with Gasteiger partial charge >= 0.3 is 0 Å². The fourth-order valence-corrected chi connectivity index (χ4v) is 2.40. The van der Waals surface area contributed by atoms with Crippen molar-refractivity contribution in [1.29, 1.82) is 5.26 Å². The van der Waals surface area contributed by atoms with Crippen molar-refractivity contribution in [2.24, 2.45) is 0 Å². The smallest absolute Gasteiger partial charge is 0.231 e. The van der Waals surface area contributed by atoms with E-state index >= 15 is 0 Å². The second-order valence-corrected chi connectivity index (χ2v) is 5.21. The molecular formula is C19H17NO3. The molecular weight excluding hydrogens is 290 g/mol. The number of benzene rings is 2. The Kier molecular flexibility index (Phi) is 4.20. The molecule has 4 nitrogen and oxygen atoms in total. The van der Waals surface area contributed by atoms with Crippen molar-refractivity contribution in [3.05, 3.63) is 53.1 Å². The molecule has 0 fully saturated rings. The Morgan fingerprint density at radius 2 is 1.91 bits per heavy atom. The maximum Gasteiger partial charge on any atom is 0.231 e. The van der Waals surface area contributed by atoms with Crippen LogP contribution in [0.2, 0.25) is 0 Å². The second kappa shape index (κ2) is 6.45. The van der Waals surface area contributed by atoms with Crippen LogP contribution >= 0.6 is 0 Å². The highest BCUT2D eigenvalue weighted by molar-refractivity contribution is 5.91. The average molecular weight is 307 g/mol. The van der Waals surface area contributed by atoms with E-state index in [4.69, 9.17) is 14.2 Å². The highest BCUT2D eigenvalue weighted by atomic mass is 16.7. The summed E-state index contributed by atoms with van der Waals surface area (Å²) in [6.45, 7) is 4.68. The quantitative estimate of drug-likeness (QED) is 0.628. The molecule has 0 bridgehead atoms. The van der Waals surface area contributed by atoms with Crippen LogP contribution in [-0.4, -0.2) is 13.4 Å². The van der Waals surface area contributed by atoms with E-state index in [1.807, 2.05) is 56.3 Å². The molecule has 3 rings (SSSR count). The van der Waals surface area contributed by atoms with E-state index in [9.17, 15) is 5.26 Å². The molecule has 0 amide bonds. The van der Waals surface area contributed by atoms with Gasteiger partial charge in [0, 0.05) is 11.6 Å². The largest absolute Gasteiger partial charge is 0.493 e. The lowest BCUT2D eigenvalue weighted by Crippen LogP contribution is -1.94. The number of rotatable bonds is 4. The second-order valence-electron chi connectivity index (χ2n) is 5.21. The molecule has 0 saturated carbocycles. The predicted molar refractivity (Wildman–Crippen MR) is 88.4 cm³/mol. The molecule has 0 N–H and O–H groups in total. The summed E-state index contributed by atoms with van der Waals surface area (Å²) in [5.74, 6) is 2.01. The number of ether oxygens (including phenoxy) is 3. The lowest BCUT2D eigenvalue weighted by molar-refractivity contribution is 0.174. The normalized spacial score (nSPS) is 12.8. The van der Waals surface area contributed by atoms with Crippen LogP contribution in [0.15, 0.2) is 36.4 Å². The van der Waals surface area contributed by atoms with Crippen LogP contribution in [0.25, 0.3) is 11.6 Å². The number of nitriles is 1. The van der Waals surface area contributed by atoms with Crippen LogP contribution in [0.1, 0.15) is 23.6 Å². The van der Waals surface area contributed by atoms with Gasteiger partial charge in [-0.1, -0.05) is 29.8 Å². The predicted octanol–water partition coefficient (Wildman–Crippen LogP) is 4.19. The minimum Gasteiger partial charge on any atom is -0.493 e. The molecule has 0 atom stereocenters. The molecule has 1 heterocycles. The minimum absolute atomic E-state index is 0.205. The Hall–Kier alpha value is -2.93. The van der Waals surface area contributed by atoms with Gasteiger partial charge in [-0.25, -0.2) is 0 Å². The Bertz CT molecular complexity index is 785. The zero-order chi connectivity index (χ0) is 16.2. The SMILES string of the molecule is CCOc1cc2c(cc1C=C(C#N)c1ccc(C)cc1)OCO2. The summed E-state index contributed by atoms with van der Waals surface area (Å²) < 4.78 is 16.5. The number of hydrogen-bond donors (Lipinski definition) is 0. The minimum atomic E-state index is 0.205. The van der Waals surface area contributed by atoms with Crippen molar-refractivity contribution in [3.8, 4) is 23.3 Å². The molecule has 2 aromatic rings. The van der Waals surface area contributed by atoms with E-state index < -0.39 is 0 Å². The summed E-state index contributed by atoms with van der Waals surface area (Å²) in [7, 11) is 0. The molecule has 2 aromatic carbocycles. The number of fused-ring (bicyclic) bond motifs is 1. The Labute approximate surface area is 135 Å². The third-order valence-corrected chi connectivity index (χ3v) is 3.59. The zero-order valence-electron chi connectivity index (χ0n) is 13.1. The zero-order valence-corrected chi connectivity index (χ0v) is 13.1.